The van der Waals surface area contributed by atoms with Crippen molar-refractivity contribution in [3.8, 4) is 0 Å². The first-order valence-corrected chi connectivity index (χ1v) is 8.74. The number of carbonyl (C=O) groups is 1. The van der Waals surface area contributed by atoms with Crippen molar-refractivity contribution in [3.05, 3.63) is 58.3 Å². The van der Waals surface area contributed by atoms with Crippen molar-refractivity contribution >= 4 is 29.7 Å². The van der Waals surface area contributed by atoms with Gasteiger partial charge < -0.3 is 15.4 Å². The Balaban J connectivity index is 0.00000208. The minimum atomic E-state index is -1.03. The molecule has 1 aromatic carbocycles. The van der Waals surface area contributed by atoms with Gasteiger partial charge in [-0.3, -0.25) is 4.79 Å². The number of hydrogen-bond donors (Lipinski definition) is 1. The number of thiophene rings is 1. The lowest BCUT2D eigenvalue weighted by atomic mass is 9.91. The van der Waals surface area contributed by atoms with Gasteiger partial charge >= 0.3 is 0 Å². The van der Waals surface area contributed by atoms with Crippen molar-refractivity contribution in [3.63, 3.8) is 0 Å². The molecule has 6 heteroatoms. The molecule has 1 aromatic heterocycles. The van der Waals surface area contributed by atoms with Crippen LogP contribution in [0, 0.1) is 0 Å². The molecular formula is C18H23ClN2O2S. The molecule has 2 N–H and O–H groups in total. The molecule has 1 aliphatic heterocycles. The lowest BCUT2D eigenvalue weighted by molar-refractivity contribution is -0.150. The first-order valence-electron chi connectivity index (χ1n) is 7.80. The average molecular weight is 367 g/mol. The van der Waals surface area contributed by atoms with Gasteiger partial charge in [0.15, 0.2) is 0 Å². The van der Waals surface area contributed by atoms with Gasteiger partial charge in [-0.05, 0) is 41.8 Å². The van der Waals surface area contributed by atoms with Gasteiger partial charge in [-0.25, -0.2) is 0 Å². The predicted octanol–water partition coefficient (Wildman–Crippen LogP) is 3.33. The molecule has 130 valence electrons. The standard InChI is InChI=1S/C18H22N2O2S.ClH/c1-13-10-20(11-16(22-13)14-8-9-23-12-14)17(21)18(2,19)15-6-4-3-5-7-15;/h3-9,12-13,16H,10-11,19H2,1-2H3;1H. The zero-order valence-electron chi connectivity index (χ0n) is 13.8. The summed E-state index contributed by atoms with van der Waals surface area (Å²) in [6.07, 6.45) is -0.0929. The Morgan fingerprint density at radius 2 is 2.00 bits per heavy atom. The number of rotatable bonds is 3. The topological polar surface area (TPSA) is 55.6 Å². The van der Waals surface area contributed by atoms with Crippen LogP contribution in [0.1, 0.15) is 31.1 Å². The van der Waals surface area contributed by atoms with Gasteiger partial charge in [0.25, 0.3) is 0 Å². The molecule has 0 bridgehead atoms. The molecule has 3 unspecified atom stereocenters. The van der Waals surface area contributed by atoms with Crippen LogP contribution in [0.4, 0.5) is 0 Å². The molecule has 0 spiro atoms. The number of nitrogens with zero attached hydrogens (tertiary/aromatic N) is 1. The molecule has 1 amide bonds. The quantitative estimate of drug-likeness (QED) is 0.906. The summed E-state index contributed by atoms with van der Waals surface area (Å²) in [5.74, 6) is -0.0564. The normalized spacial score (nSPS) is 23.2. The Morgan fingerprint density at radius 3 is 2.62 bits per heavy atom. The van der Waals surface area contributed by atoms with Crippen LogP contribution in [0.25, 0.3) is 0 Å². The van der Waals surface area contributed by atoms with Crippen molar-refractivity contribution in [2.45, 2.75) is 31.6 Å². The number of ether oxygens (including phenoxy) is 1. The second-order valence-electron chi connectivity index (χ2n) is 6.27. The van der Waals surface area contributed by atoms with E-state index in [4.69, 9.17) is 10.5 Å². The van der Waals surface area contributed by atoms with Crippen LogP contribution in [0.5, 0.6) is 0 Å². The maximum absolute atomic E-state index is 13.0. The summed E-state index contributed by atoms with van der Waals surface area (Å²) in [5, 5.41) is 4.10. The van der Waals surface area contributed by atoms with Crippen molar-refractivity contribution in [2.24, 2.45) is 5.73 Å². The summed E-state index contributed by atoms with van der Waals surface area (Å²) >= 11 is 1.64. The Kier molecular flexibility index (Phi) is 6.04. The summed E-state index contributed by atoms with van der Waals surface area (Å²) in [6, 6.07) is 11.6. The maximum Gasteiger partial charge on any atom is 0.247 e. The first-order chi connectivity index (χ1) is 11.0. The molecule has 2 aromatic rings. The lowest BCUT2D eigenvalue weighted by Crippen LogP contribution is -2.55. The van der Waals surface area contributed by atoms with Crippen molar-refractivity contribution in [1.29, 1.82) is 0 Å². The van der Waals surface area contributed by atoms with Gasteiger partial charge in [0, 0.05) is 6.54 Å². The monoisotopic (exact) mass is 366 g/mol. The van der Waals surface area contributed by atoms with Crippen LogP contribution in [-0.4, -0.2) is 30.0 Å². The van der Waals surface area contributed by atoms with Gasteiger partial charge in [0.05, 0.1) is 12.6 Å². The van der Waals surface area contributed by atoms with Crippen LogP contribution < -0.4 is 5.73 Å². The second kappa shape index (κ2) is 7.66. The number of halogens is 1. The van der Waals surface area contributed by atoms with E-state index in [9.17, 15) is 4.79 Å². The number of morpholine rings is 1. The summed E-state index contributed by atoms with van der Waals surface area (Å²) < 4.78 is 6.00. The maximum atomic E-state index is 13.0. The highest BCUT2D eigenvalue weighted by Crippen LogP contribution is 2.29. The Morgan fingerprint density at radius 1 is 1.29 bits per heavy atom. The Labute approximate surface area is 153 Å². The van der Waals surface area contributed by atoms with Crippen molar-refractivity contribution < 1.29 is 9.53 Å². The van der Waals surface area contributed by atoms with E-state index >= 15 is 0 Å². The number of carbonyl (C=O) groups excluding carboxylic acids is 1. The van der Waals surface area contributed by atoms with Crippen LogP contribution >= 0.6 is 23.7 Å². The highest BCUT2D eigenvalue weighted by Gasteiger charge is 2.38. The molecule has 1 saturated heterocycles. The van der Waals surface area contributed by atoms with Crippen molar-refractivity contribution in [1.82, 2.24) is 4.90 Å². The Hall–Kier alpha value is -1.40. The van der Waals surface area contributed by atoms with E-state index in [1.807, 2.05) is 47.5 Å². The van der Waals surface area contributed by atoms with Gasteiger partial charge in [0.2, 0.25) is 5.91 Å². The number of hydrogen-bond acceptors (Lipinski definition) is 4. The Bertz CT molecular complexity index is 661. The summed E-state index contributed by atoms with van der Waals surface area (Å²) in [5.41, 5.74) is 7.31. The van der Waals surface area contributed by atoms with E-state index in [2.05, 4.69) is 11.4 Å². The average Bonchev–Trinajstić information content (AvgIpc) is 3.09. The SMILES string of the molecule is CC1CN(C(=O)C(C)(N)c2ccccc2)CC(c2ccsc2)O1.Cl. The third-order valence-corrected chi connectivity index (χ3v) is 4.98. The van der Waals surface area contributed by atoms with Crippen LogP contribution in [-0.2, 0) is 15.1 Å². The lowest BCUT2D eigenvalue weighted by Gasteiger charge is -2.40. The first kappa shape index (κ1) is 18.9. The minimum absolute atomic E-state index is 0. The van der Waals surface area contributed by atoms with E-state index in [1.54, 1.807) is 18.3 Å². The minimum Gasteiger partial charge on any atom is -0.367 e. The second-order valence-corrected chi connectivity index (χ2v) is 7.05. The van der Waals surface area contributed by atoms with Crippen LogP contribution in [0.15, 0.2) is 47.2 Å². The third-order valence-electron chi connectivity index (χ3n) is 4.28. The van der Waals surface area contributed by atoms with E-state index in [1.165, 1.54) is 0 Å². The number of amides is 1. The molecule has 1 fully saturated rings. The van der Waals surface area contributed by atoms with Gasteiger partial charge in [0.1, 0.15) is 11.6 Å². The van der Waals surface area contributed by atoms with E-state index in [0.29, 0.717) is 13.1 Å². The van der Waals surface area contributed by atoms with Crippen molar-refractivity contribution in [2.75, 3.05) is 13.1 Å². The van der Waals surface area contributed by atoms with E-state index < -0.39 is 5.54 Å². The highest BCUT2D eigenvalue weighted by molar-refractivity contribution is 7.07. The molecule has 0 aliphatic carbocycles. The molecule has 2 heterocycles. The summed E-state index contributed by atoms with van der Waals surface area (Å²) in [6.45, 7) is 4.89. The van der Waals surface area contributed by atoms with Gasteiger partial charge in [-0.15, -0.1) is 12.4 Å². The fourth-order valence-corrected chi connectivity index (χ4v) is 3.70. The zero-order valence-corrected chi connectivity index (χ0v) is 15.5. The fraction of sp³-hybridized carbons (Fsp3) is 0.389. The smallest absolute Gasteiger partial charge is 0.247 e. The molecule has 24 heavy (non-hydrogen) atoms. The van der Waals surface area contributed by atoms with E-state index in [0.717, 1.165) is 11.1 Å². The third kappa shape index (κ3) is 3.81. The fourth-order valence-electron chi connectivity index (χ4n) is 3.00. The molecule has 0 radical (unpaired) electrons. The molecule has 0 saturated carbocycles. The molecule has 4 nitrogen and oxygen atoms in total. The number of benzene rings is 1. The predicted molar refractivity (Wildman–Crippen MR) is 99.4 cm³/mol. The number of nitrogens with two attached hydrogens (primary N) is 1. The summed E-state index contributed by atoms with van der Waals surface area (Å²) in [7, 11) is 0. The van der Waals surface area contributed by atoms with Crippen LogP contribution in [0.3, 0.4) is 0 Å². The highest BCUT2D eigenvalue weighted by atomic mass is 35.5. The van der Waals surface area contributed by atoms with Crippen LogP contribution in [0.2, 0.25) is 0 Å². The van der Waals surface area contributed by atoms with E-state index in [-0.39, 0.29) is 30.5 Å². The van der Waals surface area contributed by atoms with Gasteiger partial charge in [-0.1, -0.05) is 30.3 Å². The molecule has 3 atom stereocenters. The van der Waals surface area contributed by atoms with Gasteiger partial charge in [-0.2, -0.15) is 11.3 Å². The molecule has 3 rings (SSSR count). The largest absolute Gasteiger partial charge is 0.367 e. The molecule has 1 aliphatic rings. The zero-order chi connectivity index (χ0) is 16.4. The summed E-state index contributed by atoms with van der Waals surface area (Å²) in [4.78, 5) is 14.9. The molecular weight excluding hydrogens is 344 g/mol.